The maximum atomic E-state index is 5.34. The molecule has 9 heavy (non-hydrogen) atoms. The normalized spacial score (nSPS) is 12.0. The molecule has 0 aliphatic heterocycles. The number of hydrogen-bond acceptors (Lipinski definition) is 1. The summed E-state index contributed by atoms with van der Waals surface area (Å²) in [6, 6.07) is 0. The molecule has 0 N–H and O–H groups in total. The number of hydrogen-bond donors (Lipinski definition) is 0. The Morgan fingerprint density at radius 1 is 1.00 bits per heavy atom. The lowest BCUT2D eigenvalue weighted by molar-refractivity contribution is 0.449. The van der Waals surface area contributed by atoms with Crippen LogP contribution >= 0.6 is 8.15 Å². The van der Waals surface area contributed by atoms with E-state index in [1.54, 1.807) is 0 Å². The fourth-order valence-electron chi connectivity index (χ4n) is 1.02. The van der Waals surface area contributed by atoms with Crippen molar-refractivity contribution in [3.63, 3.8) is 0 Å². The predicted octanol–water partition coefficient (Wildman–Crippen LogP) is 2.85. The van der Waals surface area contributed by atoms with Crippen LogP contribution in [0.15, 0.2) is 0 Å². The Hall–Kier alpha value is 0.390. The summed E-state index contributed by atoms with van der Waals surface area (Å²) in [5, 5.41) is 0. The third-order valence-corrected chi connectivity index (χ3v) is 3.69. The minimum absolute atomic E-state index is 0.176. The van der Waals surface area contributed by atoms with Crippen LogP contribution in [0.1, 0.15) is 27.7 Å². The highest BCUT2D eigenvalue weighted by atomic mass is 31.1. The van der Waals surface area contributed by atoms with Crippen molar-refractivity contribution in [3.05, 3.63) is 0 Å². The molecule has 0 fully saturated rings. The van der Waals surface area contributed by atoms with Crippen molar-refractivity contribution in [3.8, 4) is 0 Å². The molecule has 56 valence electrons. The fraction of sp³-hybridized carbons (Fsp3) is 1.00. The first-order valence-corrected chi connectivity index (χ1v) is 4.81. The van der Waals surface area contributed by atoms with Gasteiger partial charge < -0.3 is 4.52 Å². The lowest BCUT2D eigenvalue weighted by atomic mass is 10.5. The summed E-state index contributed by atoms with van der Waals surface area (Å²) < 4.78 is 5.34. The number of rotatable bonds is 3. The lowest BCUT2D eigenvalue weighted by Crippen LogP contribution is -2.03. The Morgan fingerprint density at radius 3 is 1.33 bits per heavy atom. The summed E-state index contributed by atoms with van der Waals surface area (Å²) in [7, 11) is 1.63. The molecule has 1 nitrogen and oxygen atoms in total. The Labute approximate surface area is 59.6 Å². The largest absolute Gasteiger partial charge is 0.362 e. The van der Waals surface area contributed by atoms with Gasteiger partial charge in [-0.2, -0.15) is 0 Å². The highest BCUT2D eigenvalue weighted by Crippen LogP contribution is 2.45. The molecular formula is C7H17OP. The van der Waals surface area contributed by atoms with Crippen LogP contribution in [0.2, 0.25) is 0 Å². The molecule has 0 aromatic carbocycles. The van der Waals surface area contributed by atoms with Crippen LogP contribution in [0.3, 0.4) is 0 Å². The second-order valence-corrected chi connectivity index (χ2v) is 5.88. The van der Waals surface area contributed by atoms with E-state index in [1.807, 2.05) is 7.11 Å². The van der Waals surface area contributed by atoms with E-state index in [2.05, 4.69) is 27.7 Å². The van der Waals surface area contributed by atoms with E-state index in [4.69, 9.17) is 4.52 Å². The zero-order valence-corrected chi connectivity index (χ0v) is 7.90. The van der Waals surface area contributed by atoms with Crippen LogP contribution in [0, 0.1) is 0 Å². The molecule has 0 radical (unpaired) electrons. The first-order valence-electron chi connectivity index (χ1n) is 3.42. The first kappa shape index (κ1) is 9.39. The first-order chi connectivity index (χ1) is 4.09. The van der Waals surface area contributed by atoms with Crippen molar-refractivity contribution in [1.29, 1.82) is 0 Å². The summed E-state index contributed by atoms with van der Waals surface area (Å²) in [4.78, 5) is 0. The van der Waals surface area contributed by atoms with Gasteiger partial charge in [0.2, 0.25) is 0 Å². The van der Waals surface area contributed by atoms with E-state index in [9.17, 15) is 0 Å². The van der Waals surface area contributed by atoms with Gasteiger partial charge in [-0.05, 0) is 11.3 Å². The maximum absolute atomic E-state index is 5.34. The van der Waals surface area contributed by atoms with E-state index < -0.39 is 0 Å². The van der Waals surface area contributed by atoms with Crippen molar-refractivity contribution < 1.29 is 4.52 Å². The third kappa shape index (κ3) is 3.17. The molecule has 0 unspecified atom stereocenters. The molecular weight excluding hydrogens is 131 g/mol. The Balaban J connectivity index is 3.68. The molecule has 0 amide bonds. The van der Waals surface area contributed by atoms with Crippen LogP contribution in [-0.2, 0) is 4.52 Å². The summed E-state index contributed by atoms with van der Waals surface area (Å²) >= 11 is 0. The highest BCUT2D eigenvalue weighted by Gasteiger charge is 2.15. The topological polar surface area (TPSA) is 9.23 Å². The van der Waals surface area contributed by atoms with Crippen molar-refractivity contribution in [2.45, 2.75) is 39.0 Å². The molecule has 0 aromatic heterocycles. The van der Waals surface area contributed by atoms with Gasteiger partial charge in [-0.25, -0.2) is 0 Å². The summed E-state index contributed by atoms with van der Waals surface area (Å²) in [6.45, 7) is 8.87. The average molecular weight is 148 g/mol. The Morgan fingerprint density at radius 2 is 1.33 bits per heavy atom. The van der Waals surface area contributed by atoms with E-state index in [0.29, 0.717) is 11.3 Å². The summed E-state index contributed by atoms with van der Waals surface area (Å²) in [6.07, 6.45) is 0. The average Bonchev–Trinajstić information content (AvgIpc) is 1.64. The second kappa shape index (κ2) is 4.24. The van der Waals surface area contributed by atoms with E-state index in [-0.39, 0.29) is 8.15 Å². The maximum Gasteiger partial charge on any atom is 0.0398 e. The molecule has 2 heteroatoms. The minimum atomic E-state index is -0.176. The molecule has 0 aliphatic rings. The van der Waals surface area contributed by atoms with Crippen LogP contribution in [0.5, 0.6) is 0 Å². The van der Waals surface area contributed by atoms with Crippen LogP contribution < -0.4 is 0 Å². The van der Waals surface area contributed by atoms with E-state index in [1.165, 1.54) is 0 Å². The summed E-state index contributed by atoms with van der Waals surface area (Å²) in [5.41, 5.74) is 1.40. The SMILES string of the molecule is COP(C(C)C)C(C)C. The molecule has 0 saturated carbocycles. The minimum Gasteiger partial charge on any atom is -0.362 e. The molecule has 0 aliphatic carbocycles. The van der Waals surface area contributed by atoms with Crippen LogP contribution in [-0.4, -0.2) is 18.4 Å². The van der Waals surface area contributed by atoms with Crippen LogP contribution in [0.25, 0.3) is 0 Å². The molecule has 0 spiro atoms. The Kier molecular flexibility index (Phi) is 4.43. The van der Waals surface area contributed by atoms with Gasteiger partial charge in [-0.15, -0.1) is 0 Å². The lowest BCUT2D eigenvalue weighted by Gasteiger charge is -2.22. The highest BCUT2D eigenvalue weighted by molar-refractivity contribution is 7.53. The van der Waals surface area contributed by atoms with Gasteiger partial charge in [0, 0.05) is 15.3 Å². The van der Waals surface area contributed by atoms with Crippen molar-refractivity contribution in [1.82, 2.24) is 0 Å². The van der Waals surface area contributed by atoms with E-state index in [0.717, 1.165) is 0 Å². The van der Waals surface area contributed by atoms with Gasteiger partial charge in [0.15, 0.2) is 0 Å². The molecule has 0 heterocycles. The fourth-order valence-corrected chi connectivity index (χ4v) is 3.05. The summed E-state index contributed by atoms with van der Waals surface area (Å²) in [5.74, 6) is 0. The van der Waals surface area contributed by atoms with Gasteiger partial charge >= 0.3 is 0 Å². The van der Waals surface area contributed by atoms with Gasteiger partial charge in [0.05, 0.1) is 0 Å². The van der Waals surface area contributed by atoms with Gasteiger partial charge in [0.1, 0.15) is 0 Å². The smallest absolute Gasteiger partial charge is 0.0398 e. The van der Waals surface area contributed by atoms with E-state index >= 15 is 0 Å². The zero-order valence-electron chi connectivity index (χ0n) is 7.01. The predicted molar refractivity (Wildman–Crippen MR) is 44.2 cm³/mol. The van der Waals surface area contributed by atoms with Gasteiger partial charge in [-0.3, -0.25) is 0 Å². The monoisotopic (exact) mass is 148 g/mol. The third-order valence-electron chi connectivity index (χ3n) is 1.23. The quantitative estimate of drug-likeness (QED) is 0.559. The second-order valence-electron chi connectivity index (χ2n) is 2.73. The molecule has 0 saturated heterocycles. The van der Waals surface area contributed by atoms with Gasteiger partial charge in [-0.1, -0.05) is 27.7 Å². The zero-order chi connectivity index (χ0) is 7.44. The Bertz CT molecular complexity index is 63.3. The molecule has 0 bridgehead atoms. The molecule has 0 rings (SSSR count). The molecule has 0 aromatic rings. The van der Waals surface area contributed by atoms with Gasteiger partial charge in [0.25, 0.3) is 0 Å². The van der Waals surface area contributed by atoms with Crippen molar-refractivity contribution in [2.75, 3.05) is 7.11 Å². The van der Waals surface area contributed by atoms with Crippen LogP contribution in [0.4, 0.5) is 0 Å². The standard InChI is InChI=1S/C7H17OP/c1-6(2)9(8-5)7(3)4/h6-7H,1-5H3. The molecule has 0 atom stereocenters. The van der Waals surface area contributed by atoms with Crippen molar-refractivity contribution in [2.24, 2.45) is 0 Å². The van der Waals surface area contributed by atoms with Crippen molar-refractivity contribution >= 4 is 8.15 Å².